The van der Waals surface area contributed by atoms with Gasteiger partial charge in [-0.2, -0.15) is 0 Å². The molecule has 1 saturated heterocycles. The van der Waals surface area contributed by atoms with Crippen LogP contribution < -0.4 is 17.2 Å². The van der Waals surface area contributed by atoms with Gasteiger partial charge in [0, 0.05) is 19.6 Å². The molecule has 0 aliphatic carbocycles. The summed E-state index contributed by atoms with van der Waals surface area (Å²) in [6.07, 6.45) is 4.76. The summed E-state index contributed by atoms with van der Waals surface area (Å²) in [5.74, 6) is 0.919. The normalized spacial score (nSPS) is 18.1. The molecule has 110 valence electrons. The van der Waals surface area contributed by atoms with Crippen LogP contribution in [0.4, 0.5) is 0 Å². The molecule has 1 heterocycles. The Morgan fingerprint density at radius 2 is 2.00 bits per heavy atom. The number of nitrogens with zero attached hydrogens (tertiary/aromatic N) is 2. The minimum Gasteiger partial charge on any atom is -0.370 e. The van der Waals surface area contributed by atoms with Crippen molar-refractivity contribution in [2.45, 2.75) is 45.1 Å². The standard InChI is InChI=1S/C13H27N5O/c1-2-10-5-8-18(9-6-10)12(19)11(14)4-3-7-17-13(15)16/h10-11H,2-9,14H2,1H3,(H4,15,16,17)/t11-/m0/s1. The molecule has 6 N–H and O–H groups in total. The molecule has 0 aromatic carbocycles. The molecule has 0 saturated carbocycles. The van der Waals surface area contributed by atoms with Crippen molar-refractivity contribution in [1.82, 2.24) is 4.90 Å². The van der Waals surface area contributed by atoms with Crippen molar-refractivity contribution in [2.75, 3.05) is 19.6 Å². The third-order valence-electron chi connectivity index (χ3n) is 3.79. The summed E-state index contributed by atoms with van der Waals surface area (Å²) in [5, 5.41) is 0. The van der Waals surface area contributed by atoms with Gasteiger partial charge in [-0.3, -0.25) is 9.79 Å². The SMILES string of the molecule is CCC1CCN(C(=O)[C@@H](N)CCCN=C(N)N)CC1. The van der Waals surface area contributed by atoms with E-state index in [0.717, 1.165) is 38.3 Å². The quantitative estimate of drug-likeness (QED) is 0.358. The molecule has 1 amide bonds. The average Bonchev–Trinajstić information content (AvgIpc) is 2.42. The third-order valence-corrected chi connectivity index (χ3v) is 3.79. The number of likely N-dealkylation sites (tertiary alicyclic amines) is 1. The van der Waals surface area contributed by atoms with Gasteiger partial charge in [0.05, 0.1) is 6.04 Å². The van der Waals surface area contributed by atoms with Gasteiger partial charge < -0.3 is 22.1 Å². The summed E-state index contributed by atoms with van der Waals surface area (Å²) < 4.78 is 0. The van der Waals surface area contributed by atoms with Crippen molar-refractivity contribution in [3.05, 3.63) is 0 Å². The fourth-order valence-corrected chi connectivity index (χ4v) is 2.44. The van der Waals surface area contributed by atoms with Crippen molar-refractivity contribution in [3.8, 4) is 0 Å². The smallest absolute Gasteiger partial charge is 0.239 e. The number of carbonyl (C=O) groups is 1. The van der Waals surface area contributed by atoms with E-state index in [4.69, 9.17) is 17.2 Å². The van der Waals surface area contributed by atoms with E-state index in [1.807, 2.05) is 4.90 Å². The van der Waals surface area contributed by atoms with E-state index < -0.39 is 6.04 Å². The minimum atomic E-state index is -0.424. The van der Waals surface area contributed by atoms with E-state index in [2.05, 4.69) is 11.9 Å². The van der Waals surface area contributed by atoms with Gasteiger partial charge >= 0.3 is 0 Å². The lowest BCUT2D eigenvalue weighted by atomic mass is 9.94. The molecular formula is C13H27N5O. The molecule has 0 spiro atoms. The van der Waals surface area contributed by atoms with Gasteiger partial charge in [-0.05, 0) is 31.6 Å². The van der Waals surface area contributed by atoms with Gasteiger partial charge in [-0.15, -0.1) is 0 Å². The molecule has 1 rings (SSSR count). The zero-order valence-electron chi connectivity index (χ0n) is 11.8. The van der Waals surface area contributed by atoms with Crippen LogP contribution in [0.1, 0.15) is 39.0 Å². The van der Waals surface area contributed by atoms with Crippen LogP contribution in [0.3, 0.4) is 0 Å². The molecule has 1 aliphatic rings. The Morgan fingerprint density at radius 1 is 1.37 bits per heavy atom. The predicted octanol–water partition coefficient (Wildman–Crippen LogP) is 0.0159. The summed E-state index contributed by atoms with van der Waals surface area (Å²) >= 11 is 0. The molecule has 0 radical (unpaired) electrons. The van der Waals surface area contributed by atoms with Crippen molar-refractivity contribution >= 4 is 11.9 Å². The monoisotopic (exact) mass is 269 g/mol. The first-order valence-corrected chi connectivity index (χ1v) is 7.14. The number of piperidine rings is 1. The second-order valence-corrected chi connectivity index (χ2v) is 5.23. The number of hydrogen-bond donors (Lipinski definition) is 3. The molecule has 1 atom stereocenters. The highest BCUT2D eigenvalue weighted by Crippen LogP contribution is 2.20. The van der Waals surface area contributed by atoms with E-state index in [0.29, 0.717) is 13.0 Å². The maximum atomic E-state index is 12.1. The molecule has 6 heteroatoms. The van der Waals surface area contributed by atoms with Gasteiger partial charge in [-0.1, -0.05) is 13.3 Å². The molecule has 0 unspecified atom stereocenters. The van der Waals surface area contributed by atoms with Gasteiger partial charge in [0.2, 0.25) is 5.91 Å². The highest BCUT2D eigenvalue weighted by Gasteiger charge is 2.25. The van der Waals surface area contributed by atoms with Crippen LogP contribution in [-0.2, 0) is 4.79 Å². The Labute approximate surface area is 115 Å². The number of aliphatic imine (C=N–C) groups is 1. The van der Waals surface area contributed by atoms with Crippen LogP contribution in [0.25, 0.3) is 0 Å². The van der Waals surface area contributed by atoms with Gasteiger partial charge in [-0.25, -0.2) is 0 Å². The van der Waals surface area contributed by atoms with E-state index in [-0.39, 0.29) is 11.9 Å². The lowest BCUT2D eigenvalue weighted by Crippen LogP contribution is -2.47. The molecule has 1 fully saturated rings. The predicted molar refractivity (Wildman–Crippen MR) is 77.5 cm³/mol. The largest absolute Gasteiger partial charge is 0.370 e. The number of rotatable bonds is 6. The molecule has 6 nitrogen and oxygen atoms in total. The summed E-state index contributed by atoms with van der Waals surface area (Å²) in [7, 11) is 0. The summed E-state index contributed by atoms with van der Waals surface area (Å²) in [4.78, 5) is 17.9. The van der Waals surface area contributed by atoms with Crippen LogP contribution >= 0.6 is 0 Å². The van der Waals surface area contributed by atoms with Gasteiger partial charge in [0.15, 0.2) is 5.96 Å². The van der Waals surface area contributed by atoms with Gasteiger partial charge in [0.25, 0.3) is 0 Å². The van der Waals surface area contributed by atoms with E-state index >= 15 is 0 Å². The zero-order chi connectivity index (χ0) is 14.3. The fraction of sp³-hybridized carbons (Fsp3) is 0.846. The maximum Gasteiger partial charge on any atom is 0.239 e. The van der Waals surface area contributed by atoms with E-state index in [9.17, 15) is 4.79 Å². The number of carbonyl (C=O) groups excluding carboxylic acids is 1. The molecular weight excluding hydrogens is 242 g/mol. The highest BCUT2D eigenvalue weighted by molar-refractivity contribution is 5.81. The van der Waals surface area contributed by atoms with Gasteiger partial charge in [0.1, 0.15) is 0 Å². The third kappa shape index (κ3) is 5.46. The van der Waals surface area contributed by atoms with Crippen LogP contribution in [0.5, 0.6) is 0 Å². The number of guanidine groups is 1. The van der Waals surface area contributed by atoms with Crippen molar-refractivity contribution < 1.29 is 4.79 Å². The van der Waals surface area contributed by atoms with E-state index in [1.54, 1.807) is 0 Å². The summed E-state index contributed by atoms with van der Waals surface area (Å²) in [5.41, 5.74) is 16.4. The number of nitrogens with two attached hydrogens (primary N) is 3. The Balaban J connectivity index is 2.27. The first-order chi connectivity index (χ1) is 9.04. The minimum absolute atomic E-state index is 0.0688. The molecule has 0 aromatic rings. The molecule has 19 heavy (non-hydrogen) atoms. The zero-order valence-corrected chi connectivity index (χ0v) is 11.8. The Hall–Kier alpha value is -1.30. The Morgan fingerprint density at radius 3 is 2.53 bits per heavy atom. The molecule has 0 aromatic heterocycles. The van der Waals surface area contributed by atoms with Crippen LogP contribution in [-0.4, -0.2) is 42.4 Å². The topological polar surface area (TPSA) is 111 Å². The lowest BCUT2D eigenvalue weighted by Gasteiger charge is -2.33. The van der Waals surface area contributed by atoms with Crippen LogP contribution in [0.2, 0.25) is 0 Å². The van der Waals surface area contributed by atoms with Crippen LogP contribution in [0.15, 0.2) is 4.99 Å². The fourth-order valence-electron chi connectivity index (χ4n) is 2.44. The second kappa shape index (κ2) is 7.99. The average molecular weight is 269 g/mol. The second-order valence-electron chi connectivity index (χ2n) is 5.23. The van der Waals surface area contributed by atoms with E-state index in [1.165, 1.54) is 6.42 Å². The first-order valence-electron chi connectivity index (χ1n) is 7.14. The first kappa shape index (κ1) is 15.8. The Bertz CT molecular complexity index is 306. The number of amides is 1. The maximum absolute atomic E-state index is 12.1. The van der Waals surface area contributed by atoms with Crippen molar-refractivity contribution in [2.24, 2.45) is 28.1 Å². The molecule has 1 aliphatic heterocycles. The molecule has 0 bridgehead atoms. The summed E-state index contributed by atoms with van der Waals surface area (Å²) in [6, 6.07) is -0.424. The summed E-state index contributed by atoms with van der Waals surface area (Å²) in [6.45, 7) is 4.43. The van der Waals surface area contributed by atoms with Crippen molar-refractivity contribution in [1.29, 1.82) is 0 Å². The lowest BCUT2D eigenvalue weighted by molar-refractivity contribution is -0.134. The number of hydrogen-bond acceptors (Lipinski definition) is 3. The van der Waals surface area contributed by atoms with Crippen LogP contribution in [0, 0.1) is 5.92 Å². The highest BCUT2D eigenvalue weighted by atomic mass is 16.2. The van der Waals surface area contributed by atoms with Crippen molar-refractivity contribution in [3.63, 3.8) is 0 Å². The Kier molecular flexibility index (Phi) is 6.62.